The number of carbonyl (C=O) groups is 2. The zero-order valence-corrected chi connectivity index (χ0v) is 25.6. The van der Waals surface area contributed by atoms with Gasteiger partial charge >= 0.3 is 0 Å². The largest absolute Gasteiger partial charge is 0.497 e. The maximum Gasteiger partial charge on any atom is 0.264 e. The van der Waals surface area contributed by atoms with Crippen molar-refractivity contribution in [1.29, 1.82) is 0 Å². The Morgan fingerprint density at radius 1 is 0.976 bits per heavy atom. The second-order valence-electron chi connectivity index (χ2n) is 9.06. The van der Waals surface area contributed by atoms with Crippen LogP contribution < -0.4 is 19.1 Å². The number of nitrogens with one attached hydrogen (secondary N) is 1. The normalized spacial score (nSPS) is 11.8. The molecule has 3 rings (SSSR count). The van der Waals surface area contributed by atoms with Gasteiger partial charge in [0.2, 0.25) is 11.8 Å². The molecule has 0 aliphatic heterocycles. The fourth-order valence-corrected chi connectivity index (χ4v) is 5.97. The van der Waals surface area contributed by atoms with E-state index in [4.69, 9.17) is 9.47 Å². The van der Waals surface area contributed by atoms with Gasteiger partial charge in [-0.15, -0.1) is 11.8 Å². The molecule has 0 saturated carbocycles. The number of anilines is 1. The van der Waals surface area contributed by atoms with E-state index in [2.05, 4.69) is 5.32 Å². The Morgan fingerprint density at radius 2 is 1.66 bits per heavy atom. The molecular weight excluding hydrogens is 562 g/mol. The minimum absolute atomic E-state index is 0.0492. The van der Waals surface area contributed by atoms with Gasteiger partial charge in [0, 0.05) is 18.0 Å². The predicted molar refractivity (Wildman–Crippen MR) is 162 cm³/mol. The number of likely N-dealkylation sites (N-methyl/N-ethyl adjacent to an activating group) is 1. The summed E-state index contributed by atoms with van der Waals surface area (Å²) >= 11 is 1.50. The molecule has 0 aromatic heterocycles. The molecule has 0 aliphatic rings. The summed E-state index contributed by atoms with van der Waals surface area (Å²) in [6.45, 7) is 5.68. The van der Waals surface area contributed by atoms with E-state index in [0.29, 0.717) is 30.3 Å². The van der Waals surface area contributed by atoms with Crippen LogP contribution >= 0.6 is 11.8 Å². The van der Waals surface area contributed by atoms with E-state index >= 15 is 0 Å². The maximum atomic E-state index is 14.0. The van der Waals surface area contributed by atoms with Gasteiger partial charge < -0.3 is 19.7 Å². The molecule has 0 heterocycles. The Labute approximate surface area is 246 Å². The fourth-order valence-electron chi connectivity index (χ4n) is 4.15. The molecule has 9 nitrogen and oxygen atoms in total. The third-order valence-corrected chi connectivity index (χ3v) is 8.90. The van der Waals surface area contributed by atoms with Crippen LogP contribution in [0, 0.1) is 0 Å². The van der Waals surface area contributed by atoms with E-state index in [1.807, 2.05) is 19.2 Å². The molecule has 0 spiro atoms. The highest BCUT2D eigenvalue weighted by atomic mass is 32.2. The lowest BCUT2D eigenvalue weighted by atomic mass is 10.1. The molecule has 3 aromatic rings. The molecule has 0 bridgehead atoms. The van der Waals surface area contributed by atoms with Crippen molar-refractivity contribution in [2.45, 2.75) is 43.1 Å². The summed E-state index contributed by atoms with van der Waals surface area (Å²) < 4.78 is 39.9. The zero-order chi connectivity index (χ0) is 30.0. The fraction of sp³-hybridized carbons (Fsp3) is 0.333. The van der Waals surface area contributed by atoms with Gasteiger partial charge in [-0.2, -0.15) is 0 Å². The summed E-state index contributed by atoms with van der Waals surface area (Å²) in [5.74, 6) is 0.304. The number of amides is 2. The second-order valence-corrected chi connectivity index (χ2v) is 11.8. The number of benzene rings is 3. The zero-order valence-electron chi connectivity index (χ0n) is 24.0. The monoisotopic (exact) mass is 599 g/mol. The van der Waals surface area contributed by atoms with E-state index in [-0.39, 0.29) is 17.3 Å². The molecule has 0 saturated heterocycles. The number of thioether (sulfide) groups is 1. The quantitative estimate of drug-likeness (QED) is 0.271. The van der Waals surface area contributed by atoms with Crippen LogP contribution in [0.4, 0.5) is 5.69 Å². The third-order valence-electron chi connectivity index (χ3n) is 6.37. The standard InChI is InChI=1S/C30H37N3O6S2/c1-6-31-30(35)22(3)32(20-23-9-8-10-26(19-23)38-4)29(34)21-33(24-11-13-25(14-12-24)39-7-2)41(36,37)28-17-15-27(40-5)16-18-28/h8-19,22H,6-7,20-21H2,1-5H3,(H,31,35)/t22-/m0/s1. The van der Waals surface area contributed by atoms with E-state index in [0.717, 1.165) is 14.8 Å². The summed E-state index contributed by atoms with van der Waals surface area (Å²) in [6, 6.07) is 19.3. The molecule has 41 heavy (non-hydrogen) atoms. The Balaban J connectivity index is 2.04. The van der Waals surface area contributed by atoms with Crippen molar-refractivity contribution in [2.75, 3.05) is 37.4 Å². The lowest BCUT2D eigenvalue weighted by Crippen LogP contribution is -2.51. The first-order valence-corrected chi connectivity index (χ1v) is 15.9. The van der Waals surface area contributed by atoms with Crippen molar-refractivity contribution in [2.24, 2.45) is 0 Å². The molecule has 1 N–H and O–H groups in total. The first-order valence-electron chi connectivity index (χ1n) is 13.2. The Morgan fingerprint density at radius 3 is 2.24 bits per heavy atom. The van der Waals surface area contributed by atoms with Crippen molar-refractivity contribution in [1.82, 2.24) is 10.2 Å². The van der Waals surface area contributed by atoms with Crippen LogP contribution in [0.25, 0.3) is 0 Å². The Hall–Kier alpha value is -3.70. The maximum absolute atomic E-state index is 14.0. The van der Waals surface area contributed by atoms with Crippen molar-refractivity contribution in [3.8, 4) is 11.5 Å². The molecule has 0 unspecified atom stereocenters. The van der Waals surface area contributed by atoms with E-state index < -0.39 is 28.5 Å². The van der Waals surface area contributed by atoms with Gasteiger partial charge in [-0.05, 0) is 93.3 Å². The lowest BCUT2D eigenvalue weighted by Gasteiger charge is -2.32. The highest BCUT2D eigenvalue weighted by Gasteiger charge is 2.32. The van der Waals surface area contributed by atoms with E-state index in [1.54, 1.807) is 75.6 Å². The first kappa shape index (κ1) is 31.8. The highest BCUT2D eigenvalue weighted by Crippen LogP contribution is 2.28. The number of carbonyl (C=O) groups excluding carboxylic acids is 2. The summed E-state index contributed by atoms with van der Waals surface area (Å²) in [6.07, 6.45) is 1.90. The predicted octanol–water partition coefficient (Wildman–Crippen LogP) is 4.56. The first-order chi connectivity index (χ1) is 19.6. The molecule has 2 amide bonds. The Kier molecular flexibility index (Phi) is 11.5. The van der Waals surface area contributed by atoms with Crippen LogP contribution in [0.2, 0.25) is 0 Å². The minimum Gasteiger partial charge on any atom is -0.497 e. The molecule has 1 atom stereocenters. The smallest absolute Gasteiger partial charge is 0.264 e. The van der Waals surface area contributed by atoms with Gasteiger partial charge in [-0.25, -0.2) is 8.42 Å². The number of rotatable bonds is 14. The van der Waals surface area contributed by atoms with Crippen LogP contribution in [0.15, 0.2) is 82.6 Å². The third kappa shape index (κ3) is 8.17. The van der Waals surface area contributed by atoms with Crippen LogP contribution in [0.1, 0.15) is 26.3 Å². The van der Waals surface area contributed by atoms with Crippen LogP contribution in [-0.4, -0.2) is 64.2 Å². The van der Waals surface area contributed by atoms with Crippen molar-refractivity contribution >= 4 is 39.3 Å². The van der Waals surface area contributed by atoms with Gasteiger partial charge in [0.05, 0.1) is 24.3 Å². The van der Waals surface area contributed by atoms with Crippen molar-refractivity contribution in [3.63, 3.8) is 0 Å². The number of nitrogens with zero attached hydrogens (tertiary/aromatic N) is 2. The number of hydrogen-bond donors (Lipinski definition) is 1. The summed E-state index contributed by atoms with van der Waals surface area (Å²) in [7, 11) is -2.61. The summed E-state index contributed by atoms with van der Waals surface area (Å²) in [5.41, 5.74) is 1.03. The molecule has 0 fully saturated rings. The van der Waals surface area contributed by atoms with E-state index in [9.17, 15) is 18.0 Å². The number of sulfonamides is 1. The van der Waals surface area contributed by atoms with Crippen molar-refractivity contribution in [3.05, 3.63) is 78.4 Å². The number of methoxy groups -OCH3 is 1. The SMILES string of the molecule is CCNC(=O)[C@H](C)N(Cc1cccc(OC)c1)C(=O)CN(c1ccc(OCC)cc1)S(=O)(=O)c1ccc(SC)cc1. The number of hydrogen-bond acceptors (Lipinski definition) is 7. The average Bonchev–Trinajstić information content (AvgIpc) is 2.99. The molecule has 0 aliphatic carbocycles. The summed E-state index contributed by atoms with van der Waals surface area (Å²) in [4.78, 5) is 29.2. The van der Waals surface area contributed by atoms with Crippen LogP contribution in [0.3, 0.4) is 0 Å². The van der Waals surface area contributed by atoms with Gasteiger partial charge in [0.15, 0.2) is 0 Å². The molecule has 3 aromatic carbocycles. The topological polar surface area (TPSA) is 105 Å². The summed E-state index contributed by atoms with van der Waals surface area (Å²) in [5, 5.41) is 2.75. The number of ether oxygens (including phenoxy) is 2. The molecular formula is C30H37N3O6S2. The van der Waals surface area contributed by atoms with Crippen LogP contribution in [0.5, 0.6) is 11.5 Å². The molecule has 220 valence electrons. The average molecular weight is 600 g/mol. The van der Waals surface area contributed by atoms with Gasteiger partial charge in [0.1, 0.15) is 24.1 Å². The van der Waals surface area contributed by atoms with Gasteiger partial charge in [-0.1, -0.05) is 12.1 Å². The minimum atomic E-state index is -4.16. The highest BCUT2D eigenvalue weighted by molar-refractivity contribution is 7.98. The van der Waals surface area contributed by atoms with Gasteiger partial charge in [-0.3, -0.25) is 13.9 Å². The lowest BCUT2D eigenvalue weighted by molar-refractivity contribution is -0.139. The second kappa shape index (κ2) is 14.8. The molecule has 0 radical (unpaired) electrons. The van der Waals surface area contributed by atoms with Crippen molar-refractivity contribution < 1.29 is 27.5 Å². The molecule has 11 heteroatoms. The van der Waals surface area contributed by atoms with Crippen LogP contribution in [-0.2, 0) is 26.2 Å². The van der Waals surface area contributed by atoms with Gasteiger partial charge in [0.25, 0.3) is 10.0 Å². The Bertz CT molecular complexity index is 1410. The van der Waals surface area contributed by atoms with E-state index in [1.165, 1.54) is 28.8 Å².